The van der Waals surface area contributed by atoms with Gasteiger partial charge in [0, 0.05) is 31.2 Å². The Labute approximate surface area is 150 Å². The summed E-state index contributed by atoms with van der Waals surface area (Å²) in [5, 5.41) is 1.26. The fourth-order valence-electron chi connectivity index (χ4n) is 2.44. The maximum absolute atomic E-state index is 12.6. The number of carbonyl (C=O) groups excluding carboxylic acids is 1. The quantitative estimate of drug-likeness (QED) is 0.728. The van der Waals surface area contributed by atoms with Gasteiger partial charge in [-0.25, -0.2) is 8.42 Å². The van der Waals surface area contributed by atoms with Crippen molar-refractivity contribution < 1.29 is 13.2 Å². The van der Waals surface area contributed by atoms with Crippen LogP contribution in [0.15, 0.2) is 53.6 Å². The Morgan fingerprint density at radius 1 is 1.16 bits per heavy atom. The van der Waals surface area contributed by atoms with Crippen LogP contribution >= 0.6 is 11.6 Å². The predicted molar refractivity (Wildman–Crippen MR) is 99.6 cm³/mol. The molecule has 6 nitrogen and oxygen atoms in total. The molecule has 3 rings (SSSR count). The van der Waals surface area contributed by atoms with E-state index in [2.05, 4.69) is 9.71 Å². The van der Waals surface area contributed by atoms with E-state index < -0.39 is 10.0 Å². The summed E-state index contributed by atoms with van der Waals surface area (Å²) in [6.45, 7) is 1.44. The number of H-pyrrole nitrogens is 1. The highest BCUT2D eigenvalue weighted by Gasteiger charge is 2.17. The number of rotatable bonds is 4. The fraction of sp³-hybridized carbons (Fsp3) is 0.118. The second kappa shape index (κ2) is 6.42. The van der Waals surface area contributed by atoms with Gasteiger partial charge in [0.05, 0.1) is 21.1 Å². The lowest BCUT2D eigenvalue weighted by atomic mass is 10.2. The van der Waals surface area contributed by atoms with E-state index in [1.165, 1.54) is 24.0 Å². The molecule has 0 saturated heterocycles. The molecule has 1 heterocycles. The fourth-order valence-corrected chi connectivity index (χ4v) is 3.72. The average molecular weight is 378 g/mol. The Hall–Kier alpha value is -2.51. The van der Waals surface area contributed by atoms with Crippen LogP contribution in [0.1, 0.15) is 6.92 Å². The zero-order chi connectivity index (χ0) is 18.2. The third kappa shape index (κ3) is 3.33. The van der Waals surface area contributed by atoms with Crippen LogP contribution in [-0.2, 0) is 14.8 Å². The van der Waals surface area contributed by atoms with Crippen LogP contribution in [0.25, 0.3) is 10.9 Å². The monoisotopic (exact) mass is 377 g/mol. The smallest absolute Gasteiger partial charge is 0.261 e. The molecule has 1 aromatic heterocycles. The summed E-state index contributed by atoms with van der Waals surface area (Å²) >= 11 is 6.06. The number of nitrogens with one attached hydrogen (secondary N) is 2. The minimum Gasteiger partial charge on any atom is -0.358 e. The number of para-hydroxylation sites is 1. The van der Waals surface area contributed by atoms with Gasteiger partial charge in [0.25, 0.3) is 10.0 Å². The highest BCUT2D eigenvalue weighted by atomic mass is 35.5. The molecule has 0 bridgehead atoms. The first kappa shape index (κ1) is 17.3. The van der Waals surface area contributed by atoms with Gasteiger partial charge in [0.15, 0.2) is 0 Å². The summed E-state index contributed by atoms with van der Waals surface area (Å²) in [7, 11) is -2.15. The molecule has 0 aliphatic rings. The molecule has 0 aliphatic carbocycles. The second-order valence-electron chi connectivity index (χ2n) is 5.54. The van der Waals surface area contributed by atoms with Gasteiger partial charge in [-0.1, -0.05) is 23.7 Å². The number of hydrogen-bond acceptors (Lipinski definition) is 3. The van der Waals surface area contributed by atoms with Crippen molar-refractivity contribution in [3.63, 3.8) is 0 Å². The van der Waals surface area contributed by atoms with Crippen molar-refractivity contribution in [3.8, 4) is 0 Å². The van der Waals surface area contributed by atoms with Crippen LogP contribution in [0.3, 0.4) is 0 Å². The van der Waals surface area contributed by atoms with Gasteiger partial charge in [-0.05, 0) is 30.3 Å². The van der Waals surface area contributed by atoms with Crippen molar-refractivity contribution in [1.82, 2.24) is 4.98 Å². The second-order valence-corrected chi connectivity index (χ2v) is 7.63. The van der Waals surface area contributed by atoms with E-state index in [0.717, 1.165) is 5.39 Å². The molecule has 3 aromatic rings. The summed E-state index contributed by atoms with van der Waals surface area (Å²) in [5.41, 5.74) is 1.64. The lowest BCUT2D eigenvalue weighted by molar-refractivity contribution is -0.116. The molecule has 0 atom stereocenters. The number of aromatic amines is 1. The number of halogens is 1. The molecule has 2 N–H and O–H groups in total. The van der Waals surface area contributed by atoms with Crippen LogP contribution in [0.5, 0.6) is 0 Å². The molecule has 25 heavy (non-hydrogen) atoms. The number of aromatic nitrogens is 1. The molecule has 0 radical (unpaired) electrons. The van der Waals surface area contributed by atoms with Gasteiger partial charge >= 0.3 is 0 Å². The van der Waals surface area contributed by atoms with Crippen molar-refractivity contribution in [2.24, 2.45) is 0 Å². The zero-order valence-electron chi connectivity index (χ0n) is 13.6. The zero-order valence-corrected chi connectivity index (χ0v) is 15.1. The van der Waals surface area contributed by atoms with E-state index in [1.54, 1.807) is 43.6 Å². The van der Waals surface area contributed by atoms with Crippen LogP contribution in [-0.4, -0.2) is 26.4 Å². The Balaban J connectivity index is 1.92. The summed E-state index contributed by atoms with van der Waals surface area (Å²) in [4.78, 5) is 15.9. The van der Waals surface area contributed by atoms with Crippen LogP contribution in [0, 0.1) is 0 Å². The molecule has 0 spiro atoms. The lowest BCUT2D eigenvalue weighted by Gasteiger charge is -2.15. The Kier molecular flexibility index (Phi) is 4.45. The van der Waals surface area contributed by atoms with E-state index in [0.29, 0.717) is 21.9 Å². The Morgan fingerprint density at radius 2 is 1.84 bits per heavy atom. The van der Waals surface area contributed by atoms with E-state index in [-0.39, 0.29) is 10.8 Å². The first-order valence-corrected chi connectivity index (χ1v) is 9.28. The largest absolute Gasteiger partial charge is 0.358 e. The molecule has 8 heteroatoms. The lowest BCUT2D eigenvalue weighted by Crippen LogP contribution is -2.22. The minimum atomic E-state index is -3.77. The molecule has 0 unspecified atom stereocenters. The topological polar surface area (TPSA) is 82.3 Å². The first-order valence-electron chi connectivity index (χ1n) is 7.42. The maximum Gasteiger partial charge on any atom is 0.261 e. The van der Waals surface area contributed by atoms with E-state index in [4.69, 9.17) is 11.6 Å². The number of benzene rings is 2. The number of nitrogens with zero attached hydrogens (tertiary/aromatic N) is 1. The summed E-state index contributed by atoms with van der Waals surface area (Å²) in [6, 6.07) is 11.3. The van der Waals surface area contributed by atoms with Crippen LogP contribution in [0.2, 0.25) is 5.02 Å². The number of carbonyl (C=O) groups is 1. The van der Waals surface area contributed by atoms with E-state index >= 15 is 0 Å². The highest BCUT2D eigenvalue weighted by molar-refractivity contribution is 7.92. The van der Waals surface area contributed by atoms with Crippen molar-refractivity contribution in [2.45, 2.75) is 11.8 Å². The average Bonchev–Trinajstić information content (AvgIpc) is 2.96. The minimum absolute atomic E-state index is 0.0999. The number of anilines is 2. The van der Waals surface area contributed by atoms with Gasteiger partial charge in [0.2, 0.25) is 5.91 Å². The van der Waals surface area contributed by atoms with Crippen molar-refractivity contribution in [3.05, 3.63) is 53.7 Å². The molecule has 0 saturated carbocycles. The van der Waals surface area contributed by atoms with Crippen molar-refractivity contribution >= 4 is 49.8 Å². The molecular weight excluding hydrogens is 362 g/mol. The molecular formula is C17H16ClN3O3S. The Morgan fingerprint density at radius 3 is 2.48 bits per heavy atom. The predicted octanol–water partition coefficient (Wildman–Crippen LogP) is 3.60. The summed E-state index contributed by atoms with van der Waals surface area (Å²) in [5.74, 6) is -0.135. The van der Waals surface area contributed by atoms with Gasteiger partial charge in [0.1, 0.15) is 0 Å². The van der Waals surface area contributed by atoms with E-state index in [1.807, 2.05) is 0 Å². The number of amides is 1. The number of hydrogen-bond donors (Lipinski definition) is 2. The highest BCUT2D eigenvalue weighted by Crippen LogP contribution is 2.30. The normalized spacial score (nSPS) is 11.5. The van der Waals surface area contributed by atoms with E-state index in [9.17, 15) is 13.2 Å². The van der Waals surface area contributed by atoms with Gasteiger partial charge in [-0.15, -0.1) is 0 Å². The van der Waals surface area contributed by atoms with Crippen molar-refractivity contribution in [2.75, 3.05) is 16.7 Å². The Bertz CT molecular complexity index is 1040. The van der Waals surface area contributed by atoms with Gasteiger partial charge in [-0.2, -0.15) is 0 Å². The standard InChI is InChI=1S/C17H16ClN3O3S/c1-11(22)21(2)12-6-8-13(9-7-12)25(23,24)20-16-5-3-4-14-15(18)10-19-17(14)16/h3-10,19-20H,1-2H3. The van der Waals surface area contributed by atoms with Crippen LogP contribution < -0.4 is 9.62 Å². The maximum atomic E-state index is 12.6. The van der Waals surface area contributed by atoms with Crippen molar-refractivity contribution in [1.29, 1.82) is 0 Å². The molecule has 0 fully saturated rings. The SMILES string of the molecule is CC(=O)N(C)c1ccc(S(=O)(=O)Nc2cccc3c(Cl)c[nH]c23)cc1. The third-order valence-corrected chi connectivity index (χ3v) is 5.61. The third-order valence-electron chi connectivity index (χ3n) is 3.92. The van der Waals surface area contributed by atoms with Gasteiger partial charge in [-0.3, -0.25) is 9.52 Å². The summed E-state index contributed by atoms with van der Waals surface area (Å²) < 4.78 is 27.8. The van der Waals surface area contributed by atoms with Gasteiger partial charge < -0.3 is 9.88 Å². The first-order chi connectivity index (χ1) is 11.8. The van der Waals surface area contributed by atoms with Crippen LogP contribution in [0.4, 0.5) is 11.4 Å². The molecule has 1 amide bonds. The number of sulfonamides is 1. The molecule has 2 aromatic carbocycles. The number of fused-ring (bicyclic) bond motifs is 1. The molecule has 130 valence electrons. The molecule has 0 aliphatic heterocycles. The summed E-state index contributed by atoms with van der Waals surface area (Å²) in [6.07, 6.45) is 1.61.